The minimum absolute atomic E-state index is 0.211. The maximum absolute atomic E-state index is 11.2. The fourth-order valence-corrected chi connectivity index (χ4v) is 0.918. The Morgan fingerprint density at radius 1 is 1.47 bits per heavy atom. The quantitative estimate of drug-likeness (QED) is 0.551. The second-order valence-corrected chi connectivity index (χ2v) is 3.10. The fourth-order valence-electron chi connectivity index (χ4n) is 0.918. The average Bonchev–Trinajstić information content (AvgIpc) is 2.37. The summed E-state index contributed by atoms with van der Waals surface area (Å²) in [5.41, 5.74) is 5.45. The Bertz CT molecular complexity index is 366. The SMILES string of the molecule is [2H]C([2H])(CNCC(=O)OCC)C([2H])([2H])C[C@H](N)C(=O)OC. The summed E-state index contributed by atoms with van der Waals surface area (Å²) in [6, 6.07) is -1.26. The van der Waals surface area contributed by atoms with E-state index in [2.05, 4.69) is 14.8 Å². The molecule has 0 aliphatic carbocycles. The van der Waals surface area contributed by atoms with Crippen LogP contribution in [0.4, 0.5) is 0 Å². The Kier molecular flexibility index (Phi) is 5.82. The van der Waals surface area contributed by atoms with Gasteiger partial charge in [0.1, 0.15) is 6.04 Å². The van der Waals surface area contributed by atoms with Crippen molar-refractivity contribution in [2.75, 3.05) is 26.8 Å². The Hall–Kier alpha value is -1.14. The van der Waals surface area contributed by atoms with Crippen molar-refractivity contribution in [3.8, 4) is 0 Å². The molecule has 0 fully saturated rings. The standard InChI is InChI=1S/C11H22N2O4/c1-3-17-10(14)8-13-7-5-4-6-9(12)11(15)16-2/h9,13H,3-8,12H2,1-2H3/t9-/m0/s1/i4D2,5D2. The molecule has 0 heterocycles. The number of carbonyl (C=O) groups is 2. The molecular weight excluding hydrogens is 224 g/mol. The van der Waals surface area contributed by atoms with Gasteiger partial charge in [-0.2, -0.15) is 0 Å². The van der Waals surface area contributed by atoms with E-state index in [0.717, 1.165) is 7.11 Å². The van der Waals surface area contributed by atoms with Crippen LogP contribution in [0.2, 0.25) is 0 Å². The van der Waals surface area contributed by atoms with Gasteiger partial charge in [-0.05, 0) is 26.3 Å². The highest BCUT2D eigenvalue weighted by Crippen LogP contribution is 1.99. The highest BCUT2D eigenvalue weighted by Gasteiger charge is 2.12. The molecule has 0 aromatic heterocycles. The molecule has 1 atom stereocenters. The number of rotatable bonds is 9. The van der Waals surface area contributed by atoms with Crippen LogP contribution in [0.3, 0.4) is 0 Å². The summed E-state index contributed by atoms with van der Waals surface area (Å²) in [6.45, 7) is 1.20. The van der Waals surface area contributed by atoms with Gasteiger partial charge in [-0.3, -0.25) is 9.59 Å². The molecule has 6 heteroatoms. The lowest BCUT2D eigenvalue weighted by atomic mass is 10.1. The third-order valence-corrected chi connectivity index (χ3v) is 1.74. The van der Waals surface area contributed by atoms with Crippen LogP contribution in [0.15, 0.2) is 0 Å². The maximum Gasteiger partial charge on any atom is 0.322 e. The fraction of sp³-hybridized carbons (Fsp3) is 0.818. The minimum atomic E-state index is -2.37. The first-order valence-corrected chi connectivity index (χ1v) is 5.27. The van der Waals surface area contributed by atoms with Gasteiger partial charge in [-0.15, -0.1) is 0 Å². The summed E-state index contributed by atoms with van der Waals surface area (Å²) in [5.74, 6) is -1.37. The Balaban J connectivity index is 4.50. The van der Waals surface area contributed by atoms with E-state index in [1.54, 1.807) is 6.92 Å². The molecule has 0 bridgehead atoms. The minimum Gasteiger partial charge on any atom is -0.468 e. The molecule has 0 unspecified atom stereocenters. The van der Waals surface area contributed by atoms with Crippen molar-refractivity contribution in [1.82, 2.24) is 5.32 Å². The normalized spacial score (nSPS) is 17.1. The molecule has 0 rings (SSSR count). The summed E-state index contributed by atoms with van der Waals surface area (Å²) in [6.07, 6.45) is -5.23. The van der Waals surface area contributed by atoms with Crippen LogP contribution < -0.4 is 11.1 Å². The molecule has 0 spiro atoms. The van der Waals surface area contributed by atoms with Crippen LogP contribution in [-0.4, -0.2) is 44.8 Å². The van der Waals surface area contributed by atoms with Gasteiger partial charge in [0.25, 0.3) is 0 Å². The first kappa shape index (κ1) is 9.85. The van der Waals surface area contributed by atoms with E-state index in [1.807, 2.05) is 0 Å². The second kappa shape index (κ2) is 10.0. The van der Waals surface area contributed by atoms with Gasteiger partial charge < -0.3 is 20.5 Å². The molecule has 0 saturated carbocycles. The highest BCUT2D eigenvalue weighted by atomic mass is 16.5. The van der Waals surface area contributed by atoms with Gasteiger partial charge in [-0.25, -0.2) is 0 Å². The lowest BCUT2D eigenvalue weighted by Gasteiger charge is -2.08. The van der Waals surface area contributed by atoms with Gasteiger partial charge in [0, 0.05) is 5.48 Å². The van der Waals surface area contributed by atoms with Gasteiger partial charge in [0.05, 0.1) is 20.3 Å². The Morgan fingerprint density at radius 2 is 2.18 bits per heavy atom. The van der Waals surface area contributed by atoms with Crippen molar-refractivity contribution in [3.05, 3.63) is 0 Å². The third kappa shape index (κ3) is 8.65. The average molecular weight is 250 g/mol. The van der Waals surface area contributed by atoms with E-state index >= 15 is 0 Å². The van der Waals surface area contributed by atoms with Gasteiger partial charge >= 0.3 is 11.9 Å². The highest BCUT2D eigenvalue weighted by molar-refractivity contribution is 5.75. The molecule has 0 aromatic carbocycles. The topological polar surface area (TPSA) is 90.6 Å². The van der Waals surface area contributed by atoms with Crippen molar-refractivity contribution in [2.45, 2.75) is 32.1 Å². The molecule has 0 aliphatic rings. The molecule has 0 radical (unpaired) electrons. The van der Waals surface area contributed by atoms with Crippen LogP contribution >= 0.6 is 0 Å². The molecule has 17 heavy (non-hydrogen) atoms. The monoisotopic (exact) mass is 250 g/mol. The molecular formula is C11H22N2O4. The van der Waals surface area contributed by atoms with E-state index < -0.39 is 43.7 Å². The van der Waals surface area contributed by atoms with Crippen molar-refractivity contribution >= 4 is 11.9 Å². The molecule has 6 nitrogen and oxygen atoms in total. The first-order chi connectivity index (χ1) is 9.57. The maximum atomic E-state index is 11.2. The lowest BCUT2D eigenvalue weighted by molar-refractivity contribution is -0.142. The van der Waals surface area contributed by atoms with Crippen LogP contribution in [0.1, 0.15) is 31.6 Å². The van der Waals surface area contributed by atoms with Crippen molar-refractivity contribution in [3.63, 3.8) is 0 Å². The van der Waals surface area contributed by atoms with E-state index in [4.69, 9.17) is 11.2 Å². The van der Waals surface area contributed by atoms with Crippen molar-refractivity contribution < 1.29 is 24.5 Å². The number of hydrogen-bond donors (Lipinski definition) is 2. The third-order valence-electron chi connectivity index (χ3n) is 1.74. The zero-order valence-electron chi connectivity index (χ0n) is 14.1. The number of nitrogens with one attached hydrogen (secondary N) is 1. The smallest absolute Gasteiger partial charge is 0.322 e. The van der Waals surface area contributed by atoms with E-state index in [1.165, 1.54) is 0 Å². The summed E-state index contributed by atoms with van der Waals surface area (Å²) in [4.78, 5) is 22.3. The molecule has 0 aliphatic heterocycles. The molecule has 0 aromatic rings. The lowest BCUT2D eigenvalue weighted by Crippen LogP contribution is -2.31. The summed E-state index contributed by atoms with van der Waals surface area (Å²) < 4.78 is 40.0. The van der Waals surface area contributed by atoms with Gasteiger partial charge in [-0.1, -0.05) is 6.37 Å². The molecule has 0 amide bonds. The molecule has 0 saturated heterocycles. The summed E-state index contributed by atoms with van der Waals surface area (Å²) in [5, 5.41) is 2.49. The van der Waals surface area contributed by atoms with E-state index in [0.29, 0.717) is 0 Å². The number of ether oxygens (including phenoxy) is 2. The first-order valence-electron chi connectivity index (χ1n) is 7.27. The van der Waals surface area contributed by atoms with Crippen LogP contribution in [-0.2, 0) is 19.1 Å². The van der Waals surface area contributed by atoms with E-state index in [-0.39, 0.29) is 13.2 Å². The Labute approximate surface area is 107 Å². The Morgan fingerprint density at radius 3 is 2.76 bits per heavy atom. The largest absolute Gasteiger partial charge is 0.468 e. The number of hydrogen-bond acceptors (Lipinski definition) is 6. The number of carbonyl (C=O) groups excluding carboxylic acids is 2. The predicted octanol–water partition coefficient (Wildman–Crippen LogP) is -0.190. The number of esters is 2. The summed E-state index contributed by atoms with van der Waals surface area (Å²) in [7, 11) is 1.12. The van der Waals surface area contributed by atoms with Crippen LogP contribution in [0, 0.1) is 0 Å². The van der Waals surface area contributed by atoms with Gasteiger partial charge in [0.15, 0.2) is 0 Å². The van der Waals surface area contributed by atoms with Crippen LogP contribution in [0.5, 0.6) is 0 Å². The second-order valence-electron chi connectivity index (χ2n) is 3.10. The van der Waals surface area contributed by atoms with E-state index in [9.17, 15) is 9.59 Å². The molecule has 100 valence electrons. The number of methoxy groups -OCH3 is 1. The zero-order chi connectivity index (χ0) is 16.7. The van der Waals surface area contributed by atoms with Crippen LogP contribution in [0.25, 0.3) is 0 Å². The van der Waals surface area contributed by atoms with Crippen molar-refractivity contribution in [2.24, 2.45) is 5.73 Å². The summed E-state index contributed by atoms with van der Waals surface area (Å²) >= 11 is 0. The van der Waals surface area contributed by atoms with Crippen molar-refractivity contribution in [1.29, 1.82) is 0 Å². The van der Waals surface area contributed by atoms with Gasteiger partial charge in [0.2, 0.25) is 0 Å². The number of nitrogens with two attached hydrogens (primary N) is 1. The predicted molar refractivity (Wildman–Crippen MR) is 63.3 cm³/mol. The zero-order valence-corrected chi connectivity index (χ0v) is 10.1. The molecule has 3 N–H and O–H groups in total.